The quantitative estimate of drug-likeness (QED) is 0.487. The Bertz CT molecular complexity index is 1110. The van der Waals surface area contributed by atoms with Gasteiger partial charge in [0.25, 0.3) is 0 Å². The molecule has 0 radical (unpaired) electrons. The van der Waals surface area contributed by atoms with Gasteiger partial charge in [-0.05, 0) is 18.2 Å². The molecule has 2 aromatic carbocycles. The predicted molar refractivity (Wildman–Crippen MR) is 102 cm³/mol. The van der Waals surface area contributed by atoms with Gasteiger partial charge in [0.1, 0.15) is 0 Å². The van der Waals surface area contributed by atoms with Crippen LogP contribution in [0.15, 0.2) is 70.1 Å². The Labute approximate surface area is 162 Å². The van der Waals surface area contributed by atoms with Gasteiger partial charge in [0.15, 0.2) is 12.4 Å². The lowest BCUT2D eigenvalue weighted by molar-refractivity contribution is 0.0438. The van der Waals surface area contributed by atoms with Gasteiger partial charge in [-0.3, -0.25) is 0 Å². The number of aromatic nitrogens is 1. The van der Waals surface area contributed by atoms with Crippen LogP contribution in [0.4, 0.5) is 0 Å². The average Bonchev–Trinajstić information content (AvgIpc) is 3.20. The zero-order valence-electron chi connectivity index (χ0n) is 14.7. The molecule has 0 aliphatic heterocycles. The molecule has 142 valence electrons. The molecule has 8 heteroatoms. The van der Waals surface area contributed by atoms with E-state index in [-0.39, 0.29) is 29.5 Å². The second-order valence-corrected chi connectivity index (χ2v) is 7.38. The summed E-state index contributed by atoms with van der Waals surface area (Å²) >= 11 is 0. The van der Waals surface area contributed by atoms with Crippen LogP contribution in [0.25, 0.3) is 11.3 Å². The third-order valence-corrected chi connectivity index (χ3v) is 5.08. The fourth-order valence-corrected chi connectivity index (χ4v) is 3.31. The first-order valence-electron chi connectivity index (χ1n) is 8.20. The number of benzene rings is 2. The Kier molecular flexibility index (Phi) is 5.89. The molecule has 0 fully saturated rings. The maximum atomic E-state index is 12.2. The summed E-state index contributed by atoms with van der Waals surface area (Å²) in [5.74, 6) is 2.27. The number of carbonyl (C=O) groups is 1. The van der Waals surface area contributed by atoms with E-state index < -0.39 is 16.0 Å². The van der Waals surface area contributed by atoms with Gasteiger partial charge >= 0.3 is 5.97 Å². The molecule has 28 heavy (non-hydrogen) atoms. The summed E-state index contributed by atoms with van der Waals surface area (Å²) in [6.07, 6.45) is 6.60. The van der Waals surface area contributed by atoms with Crippen molar-refractivity contribution in [3.05, 3.63) is 72.2 Å². The maximum Gasteiger partial charge on any atom is 0.338 e. The predicted octanol–water partition coefficient (Wildman–Crippen LogP) is 2.61. The minimum absolute atomic E-state index is 0.0819. The van der Waals surface area contributed by atoms with Crippen LogP contribution < -0.4 is 4.72 Å². The maximum absolute atomic E-state index is 12.2. The van der Waals surface area contributed by atoms with Crippen molar-refractivity contribution in [1.29, 1.82) is 0 Å². The van der Waals surface area contributed by atoms with E-state index in [1.54, 1.807) is 6.20 Å². The summed E-state index contributed by atoms with van der Waals surface area (Å²) in [7, 11) is -3.80. The van der Waals surface area contributed by atoms with Crippen LogP contribution in [-0.4, -0.2) is 25.9 Å². The van der Waals surface area contributed by atoms with E-state index in [9.17, 15) is 13.2 Å². The number of hydrogen-bond donors (Lipinski definition) is 1. The number of nitrogens with one attached hydrogen (secondary N) is 1. The van der Waals surface area contributed by atoms with E-state index in [2.05, 4.69) is 15.6 Å². The highest BCUT2D eigenvalue weighted by atomic mass is 32.2. The van der Waals surface area contributed by atoms with Gasteiger partial charge in [-0.2, -0.15) is 4.72 Å². The van der Waals surface area contributed by atoms with Crippen molar-refractivity contribution in [2.45, 2.75) is 11.5 Å². The van der Waals surface area contributed by atoms with E-state index >= 15 is 0 Å². The first-order chi connectivity index (χ1) is 13.5. The fraction of sp³-hybridized carbons (Fsp3) is 0.100. The summed E-state index contributed by atoms with van der Waals surface area (Å²) in [6.45, 7) is -0.330. The van der Waals surface area contributed by atoms with E-state index in [4.69, 9.17) is 15.6 Å². The summed E-state index contributed by atoms with van der Waals surface area (Å²) in [5, 5.41) is 0. The first-order valence-corrected chi connectivity index (χ1v) is 9.68. The van der Waals surface area contributed by atoms with Gasteiger partial charge < -0.3 is 9.15 Å². The van der Waals surface area contributed by atoms with E-state index in [1.807, 2.05) is 30.3 Å². The molecular weight excluding hydrogens is 380 g/mol. The fourth-order valence-electron chi connectivity index (χ4n) is 2.33. The van der Waals surface area contributed by atoms with Crippen LogP contribution in [0.1, 0.15) is 16.2 Å². The molecule has 0 aliphatic carbocycles. The third-order valence-electron chi connectivity index (χ3n) is 3.68. The van der Waals surface area contributed by atoms with E-state index in [0.29, 0.717) is 5.76 Å². The van der Waals surface area contributed by atoms with Gasteiger partial charge in [-0.25, -0.2) is 18.2 Å². The standard InChI is InChI=1S/C20H16N2O5S/c1-2-11-22-28(24,25)17-10-6-9-16(12-17)20(23)26-14-19-21-13-18(27-19)15-7-4-3-5-8-15/h1,3-10,12-13,22H,11,14H2. The van der Waals surface area contributed by atoms with Crippen LogP contribution in [0.2, 0.25) is 0 Å². The molecule has 0 spiro atoms. The number of sulfonamides is 1. The number of ether oxygens (including phenoxy) is 1. The molecule has 0 amide bonds. The first kappa shape index (κ1) is 19.4. The largest absolute Gasteiger partial charge is 0.452 e. The molecule has 3 rings (SSSR count). The highest BCUT2D eigenvalue weighted by Gasteiger charge is 2.17. The number of esters is 1. The lowest BCUT2D eigenvalue weighted by atomic mass is 10.2. The Morgan fingerprint density at radius 3 is 2.71 bits per heavy atom. The number of oxazole rings is 1. The van der Waals surface area contributed by atoms with Crippen molar-refractivity contribution in [3.8, 4) is 23.7 Å². The molecule has 1 heterocycles. The van der Waals surface area contributed by atoms with Gasteiger partial charge in [0.2, 0.25) is 15.9 Å². The number of rotatable bonds is 7. The topological polar surface area (TPSA) is 98.5 Å². The second kappa shape index (κ2) is 8.52. The highest BCUT2D eigenvalue weighted by molar-refractivity contribution is 7.89. The minimum atomic E-state index is -3.80. The SMILES string of the molecule is C#CCNS(=O)(=O)c1cccc(C(=O)OCc2ncc(-c3ccccc3)o2)c1. The molecular formula is C20H16N2O5S. The van der Waals surface area contributed by atoms with Gasteiger partial charge in [-0.1, -0.05) is 42.3 Å². The Balaban J connectivity index is 1.67. The van der Waals surface area contributed by atoms with Crippen molar-refractivity contribution in [1.82, 2.24) is 9.71 Å². The summed E-state index contributed by atoms with van der Waals surface area (Å²) in [6, 6.07) is 14.8. The molecule has 3 aromatic rings. The molecule has 0 bridgehead atoms. The molecule has 0 aliphatic rings. The molecule has 1 aromatic heterocycles. The Morgan fingerprint density at radius 2 is 1.96 bits per heavy atom. The van der Waals surface area contributed by atoms with E-state index in [0.717, 1.165) is 5.56 Å². The van der Waals surface area contributed by atoms with Crippen LogP contribution in [0.3, 0.4) is 0 Å². The molecule has 0 saturated carbocycles. The Hall–Kier alpha value is -3.41. The molecule has 0 saturated heterocycles. The number of terminal acetylenes is 1. The highest BCUT2D eigenvalue weighted by Crippen LogP contribution is 2.20. The zero-order chi connectivity index (χ0) is 20.0. The number of nitrogens with zero attached hydrogens (tertiary/aromatic N) is 1. The van der Waals surface area contributed by atoms with Crippen molar-refractivity contribution < 1.29 is 22.4 Å². The smallest absolute Gasteiger partial charge is 0.338 e. The molecule has 0 unspecified atom stereocenters. The summed E-state index contributed by atoms with van der Waals surface area (Å²) in [5.41, 5.74) is 0.934. The van der Waals surface area contributed by atoms with Gasteiger partial charge in [0.05, 0.1) is 23.2 Å². The lowest BCUT2D eigenvalue weighted by Crippen LogP contribution is -2.24. The Morgan fingerprint density at radius 1 is 1.18 bits per heavy atom. The van der Waals surface area contributed by atoms with Gasteiger partial charge in [-0.15, -0.1) is 6.42 Å². The van der Waals surface area contributed by atoms with Crippen molar-refractivity contribution in [2.24, 2.45) is 0 Å². The number of hydrogen-bond acceptors (Lipinski definition) is 6. The van der Waals surface area contributed by atoms with Gasteiger partial charge in [0, 0.05) is 5.56 Å². The zero-order valence-corrected chi connectivity index (χ0v) is 15.5. The molecule has 7 nitrogen and oxygen atoms in total. The van der Waals surface area contributed by atoms with Crippen molar-refractivity contribution in [2.75, 3.05) is 6.54 Å². The van der Waals surface area contributed by atoms with Crippen molar-refractivity contribution >= 4 is 16.0 Å². The lowest BCUT2D eigenvalue weighted by Gasteiger charge is -2.06. The molecule has 1 N–H and O–H groups in total. The third kappa shape index (κ3) is 4.65. The average molecular weight is 396 g/mol. The normalized spacial score (nSPS) is 11.0. The van der Waals surface area contributed by atoms with Crippen LogP contribution >= 0.6 is 0 Å². The summed E-state index contributed by atoms with van der Waals surface area (Å²) in [4.78, 5) is 16.2. The van der Waals surface area contributed by atoms with E-state index in [1.165, 1.54) is 24.3 Å². The number of carbonyl (C=O) groups excluding carboxylic acids is 1. The summed E-state index contributed by atoms with van der Waals surface area (Å²) < 4.78 is 37.2. The van der Waals surface area contributed by atoms with Crippen molar-refractivity contribution in [3.63, 3.8) is 0 Å². The van der Waals surface area contributed by atoms with Crippen LogP contribution in [0, 0.1) is 12.3 Å². The molecule has 0 atom stereocenters. The monoisotopic (exact) mass is 396 g/mol. The van der Waals surface area contributed by atoms with Crippen LogP contribution in [-0.2, 0) is 21.4 Å². The second-order valence-electron chi connectivity index (χ2n) is 5.62. The minimum Gasteiger partial charge on any atom is -0.452 e. The van der Waals surface area contributed by atoms with Crippen LogP contribution in [0.5, 0.6) is 0 Å².